The van der Waals surface area contributed by atoms with E-state index in [-0.39, 0.29) is 18.4 Å². The third kappa shape index (κ3) is 3.16. The van der Waals surface area contributed by atoms with Gasteiger partial charge in [0.25, 0.3) is 5.91 Å². The molecule has 2 rings (SSSR count). The number of fused-ring (bicyclic) bond motifs is 1. The molecule has 0 atom stereocenters. The summed E-state index contributed by atoms with van der Waals surface area (Å²) >= 11 is 0. The summed E-state index contributed by atoms with van der Waals surface area (Å²) in [5.74, 6) is -0.0623. The highest BCUT2D eigenvalue weighted by Crippen LogP contribution is 2.41. The lowest BCUT2D eigenvalue weighted by Gasteiger charge is -2.38. The van der Waals surface area contributed by atoms with Crippen LogP contribution in [0.3, 0.4) is 0 Å². The van der Waals surface area contributed by atoms with Crippen molar-refractivity contribution in [1.82, 2.24) is 0 Å². The second kappa shape index (κ2) is 5.87. The molecule has 0 aliphatic carbocycles. The average Bonchev–Trinajstić information content (AvgIpc) is 2.41. The largest absolute Gasteiger partial charge is 0.476 e. The molecule has 0 spiro atoms. The third-order valence-corrected chi connectivity index (χ3v) is 3.29. The van der Waals surface area contributed by atoms with Gasteiger partial charge in [-0.3, -0.25) is 14.5 Å². The molecule has 2 N–H and O–H groups in total. The quantitative estimate of drug-likeness (QED) is 0.679. The van der Waals surface area contributed by atoms with E-state index >= 15 is 0 Å². The molecule has 1 aliphatic rings. The summed E-state index contributed by atoms with van der Waals surface area (Å²) in [6.45, 7) is 7.35. The molecule has 0 fully saturated rings. The van der Waals surface area contributed by atoms with Gasteiger partial charge < -0.3 is 15.2 Å². The molecule has 0 radical (unpaired) electrons. The van der Waals surface area contributed by atoms with Crippen LogP contribution in [0.4, 0.5) is 11.4 Å². The third-order valence-electron chi connectivity index (χ3n) is 3.29. The van der Waals surface area contributed by atoms with Crippen LogP contribution in [-0.4, -0.2) is 30.6 Å². The van der Waals surface area contributed by atoms with Gasteiger partial charge in [-0.2, -0.15) is 0 Å². The van der Waals surface area contributed by atoms with Gasteiger partial charge in [0, 0.05) is 0 Å². The van der Waals surface area contributed by atoms with Crippen molar-refractivity contribution >= 4 is 23.3 Å². The molecule has 1 heterocycles. The van der Waals surface area contributed by atoms with Crippen molar-refractivity contribution in [2.75, 3.05) is 23.8 Å². The van der Waals surface area contributed by atoms with Crippen LogP contribution in [0.5, 0.6) is 5.75 Å². The standard InChI is InChI=1S/C16H22N2O4/c1-10(2)9-21-13(19)8-18-14-11(17)6-5-7-12(14)22-16(3,4)15(18)20/h5-7,10H,8-9,17H2,1-4H3. The van der Waals surface area contributed by atoms with Gasteiger partial charge in [0.05, 0.1) is 12.3 Å². The number of carbonyl (C=O) groups excluding carboxylic acids is 2. The first-order valence-electron chi connectivity index (χ1n) is 7.27. The normalized spacial score (nSPS) is 16.2. The second-order valence-corrected chi connectivity index (χ2v) is 6.27. The van der Waals surface area contributed by atoms with E-state index in [0.29, 0.717) is 23.7 Å². The average molecular weight is 306 g/mol. The smallest absolute Gasteiger partial charge is 0.326 e. The Morgan fingerprint density at radius 2 is 2.09 bits per heavy atom. The van der Waals surface area contributed by atoms with E-state index in [9.17, 15) is 9.59 Å². The van der Waals surface area contributed by atoms with Crippen molar-refractivity contribution < 1.29 is 19.1 Å². The van der Waals surface area contributed by atoms with Gasteiger partial charge in [0.15, 0.2) is 5.60 Å². The first kappa shape index (κ1) is 16.1. The molecule has 6 nitrogen and oxygen atoms in total. The summed E-state index contributed by atoms with van der Waals surface area (Å²) in [7, 11) is 0. The van der Waals surface area contributed by atoms with Crippen molar-refractivity contribution in [3.8, 4) is 5.75 Å². The maximum Gasteiger partial charge on any atom is 0.326 e. The Balaban J connectivity index is 2.29. The highest BCUT2D eigenvalue weighted by Gasteiger charge is 2.42. The number of nitrogen functional groups attached to an aromatic ring is 1. The van der Waals surface area contributed by atoms with E-state index in [1.165, 1.54) is 4.90 Å². The molecule has 0 saturated carbocycles. The van der Waals surface area contributed by atoms with Gasteiger partial charge in [-0.05, 0) is 31.9 Å². The summed E-state index contributed by atoms with van der Waals surface area (Å²) in [5, 5.41) is 0. The van der Waals surface area contributed by atoms with Crippen molar-refractivity contribution in [3.63, 3.8) is 0 Å². The van der Waals surface area contributed by atoms with Gasteiger partial charge >= 0.3 is 5.97 Å². The number of ether oxygens (including phenoxy) is 2. The SMILES string of the molecule is CC(C)COC(=O)CN1C(=O)C(C)(C)Oc2cccc(N)c21. The predicted octanol–water partition coefficient (Wildman–Crippen LogP) is 1.97. The summed E-state index contributed by atoms with van der Waals surface area (Å²) in [6, 6.07) is 5.14. The van der Waals surface area contributed by atoms with Crippen LogP contribution in [-0.2, 0) is 14.3 Å². The van der Waals surface area contributed by atoms with Crippen LogP contribution >= 0.6 is 0 Å². The predicted molar refractivity (Wildman–Crippen MR) is 83.7 cm³/mol. The van der Waals surface area contributed by atoms with Gasteiger partial charge in [0.2, 0.25) is 0 Å². The maximum absolute atomic E-state index is 12.6. The molecule has 6 heteroatoms. The van der Waals surface area contributed by atoms with Crippen LogP contribution in [0.25, 0.3) is 0 Å². The molecular formula is C16H22N2O4. The number of hydrogen-bond acceptors (Lipinski definition) is 5. The number of nitrogens with two attached hydrogens (primary N) is 1. The fourth-order valence-electron chi connectivity index (χ4n) is 2.24. The molecule has 0 aromatic heterocycles. The fraction of sp³-hybridized carbons (Fsp3) is 0.500. The van der Waals surface area contributed by atoms with Crippen LogP contribution in [0, 0.1) is 5.92 Å². The molecule has 1 amide bonds. The van der Waals surface area contributed by atoms with E-state index in [1.54, 1.807) is 32.0 Å². The number of anilines is 2. The topological polar surface area (TPSA) is 81.9 Å². The van der Waals surface area contributed by atoms with Crippen LogP contribution in [0.2, 0.25) is 0 Å². The lowest BCUT2D eigenvalue weighted by molar-refractivity contribution is -0.145. The first-order valence-corrected chi connectivity index (χ1v) is 7.27. The van der Waals surface area contributed by atoms with E-state index in [4.69, 9.17) is 15.2 Å². The minimum atomic E-state index is -1.06. The zero-order valence-corrected chi connectivity index (χ0v) is 13.4. The first-order chi connectivity index (χ1) is 10.2. The lowest BCUT2D eigenvalue weighted by atomic mass is 10.0. The molecule has 22 heavy (non-hydrogen) atoms. The molecule has 0 saturated heterocycles. The summed E-state index contributed by atoms with van der Waals surface area (Å²) < 4.78 is 10.9. The number of amides is 1. The molecule has 1 aromatic rings. The van der Waals surface area contributed by atoms with E-state index in [0.717, 1.165) is 0 Å². The zero-order chi connectivity index (χ0) is 16.5. The fourth-order valence-corrected chi connectivity index (χ4v) is 2.24. The lowest BCUT2D eigenvalue weighted by Crippen LogP contribution is -2.54. The number of para-hydroxylation sites is 1. The summed E-state index contributed by atoms with van der Waals surface area (Å²) in [4.78, 5) is 25.9. The number of rotatable bonds is 4. The minimum Gasteiger partial charge on any atom is -0.476 e. The molecule has 1 aromatic carbocycles. The van der Waals surface area contributed by atoms with Crippen LogP contribution in [0.15, 0.2) is 18.2 Å². The molecule has 1 aliphatic heterocycles. The Hall–Kier alpha value is -2.24. The number of benzene rings is 1. The second-order valence-electron chi connectivity index (χ2n) is 6.27. The van der Waals surface area contributed by atoms with E-state index < -0.39 is 11.6 Å². The number of nitrogens with zero attached hydrogens (tertiary/aromatic N) is 1. The number of hydrogen-bond donors (Lipinski definition) is 1. The summed E-state index contributed by atoms with van der Waals surface area (Å²) in [6.07, 6.45) is 0. The molecule has 120 valence electrons. The Labute approximate surface area is 130 Å². The Bertz CT molecular complexity index is 596. The van der Waals surface area contributed by atoms with E-state index in [1.807, 2.05) is 13.8 Å². The van der Waals surface area contributed by atoms with Gasteiger partial charge in [0.1, 0.15) is 18.0 Å². The minimum absolute atomic E-state index is 0.181. The van der Waals surface area contributed by atoms with Crippen molar-refractivity contribution in [3.05, 3.63) is 18.2 Å². The molecular weight excluding hydrogens is 284 g/mol. The van der Waals surface area contributed by atoms with Gasteiger partial charge in [-0.15, -0.1) is 0 Å². The Morgan fingerprint density at radius 1 is 1.41 bits per heavy atom. The van der Waals surface area contributed by atoms with Crippen molar-refractivity contribution in [1.29, 1.82) is 0 Å². The van der Waals surface area contributed by atoms with Crippen molar-refractivity contribution in [2.24, 2.45) is 5.92 Å². The zero-order valence-electron chi connectivity index (χ0n) is 13.4. The molecule has 0 unspecified atom stereocenters. The monoisotopic (exact) mass is 306 g/mol. The summed E-state index contributed by atoms with van der Waals surface area (Å²) in [5.41, 5.74) is 5.71. The van der Waals surface area contributed by atoms with Crippen LogP contribution < -0.4 is 15.4 Å². The van der Waals surface area contributed by atoms with Gasteiger partial charge in [-0.1, -0.05) is 19.9 Å². The highest BCUT2D eigenvalue weighted by atomic mass is 16.5. The van der Waals surface area contributed by atoms with Gasteiger partial charge in [-0.25, -0.2) is 0 Å². The molecule has 0 bridgehead atoms. The van der Waals surface area contributed by atoms with Crippen molar-refractivity contribution in [2.45, 2.75) is 33.3 Å². The van der Waals surface area contributed by atoms with Crippen LogP contribution in [0.1, 0.15) is 27.7 Å². The highest BCUT2D eigenvalue weighted by molar-refractivity contribution is 6.07. The Kier molecular flexibility index (Phi) is 4.30. The Morgan fingerprint density at radius 3 is 2.73 bits per heavy atom. The number of esters is 1. The van der Waals surface area contributed by atoms with E-state index in [2.05, 4.69) is 0 Å². The maximum atomic E-state index is 12.6. The number of carbonyl (C=O) groups is 2.